The lowest BCUT2D eigenvalue weighted by Gasteiger charge is -2.39. The molecule has 0 unspecified atom stereocenters. The first-order valence-corrected chi connectivity index (χ1v) is 10.7. The lowest BCUT2D eigenvalue weighted by molar-refractivity contribution is 0.0724. The Balaban J connectivity index is 1.45. The van der Waals surface area contributed by atoms with E-state index in [9.17, 15) is 9.59 Å². The van der Waals surface area contributed by atoms with Gasteiger partial charge in [-0.15, -0.1) is 0 Å². The number of benzene rings is 1. The summed E-state index contributed by atoms with van der Waals surface area (Å²) in [6, 6.07) is 7.68. The minimum Gasteiger partial charge on any atom is -0.339 e. The number of rotatable bonds is 2. The highest BCUT2D eigenvalue weighted by Crippen LogP contribution is 2.52. The number of carbonyl (C=O) groups excluding carboxylic acids is 2. The third-order valence-corrected chi connectivity index (χ3v) is 6.68. The van der Waals surface area contributed by atoms with Crippen molar-refractivity contribution < 1.29 is 9.59 Å². The molecule has 1 N–H and O–H groups in total. The van der Waals surface area contributed by atoms with Gasteiger partial charge in [0.2, 0.25) is 0 Å². The smallest absolute Gasteiger partial charge is 0.322 e. The maximum Gasteiger partial charge on any atom is 0.322 e. The van der Waals surface area contributed by atoms with Gasteiger partial charge in [0.05, 0.1) is 0 Å². The molecule has 0 spiro atoms. The average molecular weight is 384 g/mol. The number of anilines is 1. The molecule has 2 atom stereocenters. The highest BCUT2D eigenvalue weighted by molar-refractivity contribution is 5.97. The Morgan fingerprint density at radius 1 is 1.07 bits per heavy atom. The van der Waals surface area contributed by atoms with Gasteiger partial charge in [-0.3, -0.25) is 4.79 Å². The zero-order chi connectivity index (χ0) is 19.9. The van der Waals surface area contributed by atoms with Crippen molar-refractivity contribution in [2.75, 3.05) is 25.0 Å². The number of likely N-dealkylation sites (tertiary alicyclic amines) is 2. The Hall–Kier alpha value is -2.04. The van der Waals surface area contributed by atoms with Crippen molar-refractivity contribution >= 4 is 17.6 Å². The SMILES string of the molecule is CC1(C)C[C@@H]2C[C@@](C)(CN2C(=O)Nc2cccc(C(=O)N3CCCCC3)c2)C1. The zero-order valence-corrected chi connectivity index (χ0v) is 17.5. The summed E-state index contributed by atoms with van der Waals surface area (Å²) in [6.45, 7) is 9.42. The molecule has 5 heteroatoms. The second kappa shape index (κ2) is 7.09. The van der Waals surface area contributed by atoms with Crippen molar-refractivity contribution in [3.8, 4) is 0 Å². The van der Waals surface area contributed by atoms with Gasteiger partial charge in [0.15, 0.2) is 0 Å². The molecular weight excluding hydrogens is 350 g/mol. The van der Waals surface area contributed by atoms with Gasteiger partial charge in [-0.2, -0.15) is 0 Å². The highest BCUT2D eigenvalue weighted by Gasteiger charge is 2.51. The molecule has 2 saturated heterocycles. The summed E-state index contributed by atoms with van der Waals surface area (Å²) in [6.07, 6.45) is 6.68. The van der Waals surface area contributed by atoms with E-state index in [0.717, 1.165) is 45.3 Å². The molecule has 3 amide bonds. The first-order valence-electron chi connectivity index (χ1n) is 10.7. The number of hydrogen-bond donors (Lipinski definition) is 1. The number of hydrogen-bond acceptors (Lipinski definition) is 2. The van der Waals surface area contributed by atoms with Crippen LogP contribution in [0.5, 0.6) is 0 Å². The highest BCUT2D eigenvalue weighted by atomic mass is 16.2. The molecule has 152 valence electrons. The van der Waals surface area contributed by atoms with Gasteiger partial charge in [-0.1, -0.05) is 26.8 Å². The molecule has 5 nitrogen and oxygen atoms in total. The second-order valence-electron chi connectivity index (χ2n) is 10.2. The van der Waals surface area contributed by atoms with Crippen molar-refractivity contribution in [3.05, 3.63) is 29.8 Å². The van der Waals surface area contributed by atoms with Crippen LogP contribution < -0.4 is 5.32 Å². The zero-order valence-electron chi connectivity index (χ0n) is 17.5. The van der Waals surface area contributed by atoms with E-state index in [1.54, 1.807) is 0 Å². The average Bonchev–Trinajstić information content (AvgIpc) is 2.91. The Morgan fingerprint density at radius 2 is 1.82 bits per heavy atom. The molecule has 2 bridgehead atoms. The van der Waals surface area contributed by atoms with Crippen LogP contribution in [0, 0.1) is 10.8 Å². The van der Waals surface area contributed by atoms with E-state index in [4.69, 9.17) is 0 Å². The van der Waals surface area contributed by atoms with Crippen LogP contribution in [-0.2, 0) is 0 Å². The van der Waals surface area contributed by atoms with Crippen LogP contribution in [0.4, 0.5) is 10.5 Å². The number of carbonyl (C=O) groups is 2. The normalized spacial score (nSPS) is 28.9. The van der Waals surface area contributed by atoms with Crippen LogP contribution in [0.1, 0.15) is 69.7 Å². The predicted molar refractivity (Wildman–Crippen MR) is 111 cm³/mol. The topological polar surface area (TPSA) is 52.7 Å². The molecular formula is C23H33N3O2. The van der Waals surface area contributed by atoms with E-state index in [2.05, 4.69) is 26.1 Å². The molecule has 1 aromatic carbocycles. The van der Waals surface area contributed by atoms with Crippen molar-refractivity contribution in [1.82, 2.24) is 9.80 Å². The summed E-state index contributed by atoms with van der Waals surface area (Å²) in [5.41, 5.74) is 1.87. The number of nitrogens with zero attached hydrogens (tertiary/aromatic N) is 2. The molecule has 2 aliphatic heterocycles. The number of amides is 3. The van der Waals surface area contributed by atoms with E-state index in [1.165, 1.54) is 12.8 Å². The summed E-state index contributed by atoms with van der Waals surface area (Å²) in [5.74, 6) is 0.0714. The maximum absolute atomic E-state index is 13.0. The standard InChI is InChI=1S/C23H33N3O2/c1-22(2)13-19-14-23(3,15-22)16-26(19)21(28)24-18-9-7-8-17(12-18)20(27)25-10-5-4-6-11-25/h7-9,12,19H,4-6,10-11,13-16H2,1-3H3,(H,24,28)/t19-,23-/m1/s1. The number of fused-ring (bicyclic) bond motifs is 2. The Labute approximate surface area is 168 Å². The molecule has 0 radical (unpaired) electrons. The lowest BCUT2D eigenvalue weighted by atomic mass is 9.65. The fourth-order valence-corrected chi connectivity index (χ4v) is 5.90. The molecule has 3 fully saturated rings. The van der Waals surface area contributed by atoms with Crippen molar-refractivity contribution in [2.45, 2.75) is 65.3 Å². The summed E-state index contributed by atoms with van der Waals surface area (Å²) < 4.78 is 0. The van der Waals surface area contributed by atoms with Crippen LogP contribution in [0.25, 0.3) is 0 Å². The van der Waals surface area contributed by atoms with Gasteiger partial charge < -0.3 is 15.1 Å². The van der Waals surface area contributed by atoms with Gasteiger partial charge in [0.25, 0.3) is 5.91 Å². The van der Waals surface area contributed by atoms with E-state index < -0.39 is 0 Å². The largest absolute Gasteiger partial charge is 0.339 e. The van der Waals surface area contributed by atoms with Crippen molar-refractivity contribution in [1.29, 1.82) is 0 Å². The Bertz CT molecular complexity index is 769. The van der Waals surface area contributed by atoms with Crippen LogP contribution >= 0.6 is 0 Å². The second-order valence-corrected chi connectivity index (χ2v) is 10.2. The Kier molecular flexibility index (Phi) is 4.88. The molecule has 2 heterocycles. The molecule has 1 aromatic rings. The third kappa shape index (κ3) is 3.89. The van der Waals surface area contributed by atoms with Gasteiger partial charge in [0, 0.05) is 36.9 Å². The van der Waals surface area contributed by atoms with E-state index in [-0.39, 0.29) is 22.8 Å². The van der Waals surface area contributed by atoms with Crippen LogP contribution in [-0.4, -0.2) is 47.4 Å². The van der Waals surface area contributed by atoms with Crippen LogP contribution in [0.2, 0.25) is 0 Å². The van der Waals surface area contributed by atoms with Gasteiger partial charge in [0.1, 0.15) is 0 Å². The van der Waals surface area contributed by atoms with Crippen LogP contribution in [0.3, 0.4) is 0 Å². The predicted octanol–water partition coefficient (Wildman–Crippen LogP) is 4.75. The molecule has 4 rings (SSSR count). The number of piperidine rings is 1. The summed E-state index contributed by atoms with van der Waals surface area (Å²) >= 11 is 0. The van der Waals surface area contributed by atoms with E-state index in [1.807, 2.05) is 34.1 Å². The van der Waals surface area contributed by atoms with Gasteiger partial charge >= 0.3 is 6.03 Å². The quantitative estimate of drug-likeness (QED) is 0.801. The molecule has 3 aliphatic rings. The molecule has 28 heavy (non-hydrogen) atoms. The minimum absolute atomic E-state index is 0.0333. The van der Waals surface area contributed by atoms with E-state index in [0.29, 0.717) is 17.3 Å². The van der Waals surface area contributed by atoms with Gasteiger partial charge in [-0.05, 0) is 67.6 Å². The number of urea groups is 1. The monoisotopic (exact) mass is 383 g/mol. The molecule has 0 aromatic heterocycles. The first kappa shape index (κ1) is 19.3. The van der Waals surface area contributed by atoms with Crippen molar-refractivity contribution in [2.24, 2.45) is 10.8 Å². The summed E-state index contributed by atoms with van der Waals surface area (Å²) in [7, 11) is 0. The lowest BCUT2D eigenvalue weighted by Crippen LogP contribution is -2.40. The number of nitrogens with one attached hydrogen (secondary N) is 1. The summed E-state index contributed by atoms with van der Waals surface area (Å²) in [4.78, 5) is 29.7. The maximum atomic E-state index is 13.0. The van der Waals surface area contributed by atoms with Gasteiger partial charge in [-0.25, -0.2) is 4.79 Å². The first-order chi connectivity index (χ1) is 13.2. The summed E-state index contributed by atoms with van der Waals surface area (Å²) in [5, 5.41) is 3.06. The Morgan fingerprint density at radius 3 is 2.57 bits per heavy atom. The fourth-order valence-electron chi connectivity index (χ4n) is 5.90. The van der Waals surface area contributed by atoms with Crippen molar-refractivity contribution in [3.63, 3.8) is 0 Å². The van der Waals surface area contributed by atoms with E-state index >= 15 is 0 Å². The van der Waals surface area contributed by atoms with Crippen LogP contribution in [0.15, 0.2) is 24.3 Å². The molecule has 1 saturated carbocycles. The minimum atomic E-state index is -0.0333. The fraction of sp³-hybridized carbons (Fsp3) is 0.652. The molecule has 1 aliphatic carbocycles. The third-order valence-electron chi connectivity index (χ3n) is 6.68.